The Hall–Kier alpha value is -8.94. The van der Waals surface area contributed by atoms with E-state index in [0.717, 1.165) is 33.4 Å². The van der Waals surface area contributed by atoms with Gasteiger partial charge in [-0.1, -0.05) is 218 Å². The fourth-order valence-corrected chi connectivity index (χ4v) is 9.87. The summed E-state index contributed by atoms with van der Waals surface area (Å²) < 4.78 is 42.3. The second-order valence-corrected chi connectivity index (χ2v) is 17.8. The summed E-state index contributed by atoms with van der Waals surface area (Å²) >= 11 is 0. The monoisotopic (exact) mass is 976 g/mol. The van der Waals surface area contributed by atoms with Crippen molar-refractivity contribution in [2.24, 2.45) is 0 Å². The van der Waals surface area contributed by atoms with Gasteiger partial charge >= 0.3 is 0 Å². The van der Waals surface area contributed by atoms with Crippen molar-refractivity contribution >= 4 is 34.7 Å². The Kier molecular flexibility index (Phi) is 13.5. The summed E-state index contributed by atoms with van der Waals surface area (Å²) in [5.74, 6) is -1.15. The van der Waals surface area contributed by atoms with Gasteiger partial charge in [-0.2, -0.15) is 9.97 Å². The molecule has 12 heteroatoms. The Labute approximate surface area is 427 Å². The van der Waals surface area contributed by atoms with Gasteiger partial charge in [0.1, 0.15) is 23.4 Å². The van der Waals surface area contributed by atoms with Gasteiger partial charge in [0.15, 0.2) is 29.4 Å². The van der Waals surface area contributed by atoms with Gasteiger partial charge in [0.05, 0.1) is 12.9 Å². The first-order valence-electron chi connectivity index (χ1n) is 24.3. The molecule has 8 aromatic carbocycles. The lowest BCUT2D eigenvalue weighted by atomic mass is 9.79. The summed E-state index contributed by atoms with van der Waals surface area (Å²) in [5, 5.41) is 5.64. The molecule has 2 N–H and O–H groups in total. The summed E-state index contributed by atoms with van der Waals surface area (Å²) in [4.78, 5) is 41.4. The maximum atomic E-state index is 18.8. The highest BCUT2D eigenvalue weighted by atomic mass is 19.1. The van der Waals surface area contributed by atoms with Gasteiger partial charge in [0.2, 0.25) is 5.95 Å². The van der Waals surface area contributed by atoms with Gasteiger partial charge in [0.25, 0.3) is 11.8 Å². The number of rotatable bonds is 16. The van der Waals surface area contributed by atoms with Crippen molar-refractivity contribution in [2.45, 2.75) is 35.8 Å². The normalized spacial score (nSPS) is 16.7. The van der Waals surface area contributed by atoms with Crippen molar-refractivity contribution in [1.29, 1.82) is 0 Å². The van der Waals surface area contributed by atoms with E-state index in [1.54, 1.807) is 60.7 Å². The molecule has 11 rings (SSSR count). The smallest absolute Gasteiger partial charge is 0.258 e. The second kappa shape index (κ2) is 21.0. The third-order valence-corrected chi connectivity index (χ3v) is 13.4. The molecule has 1 aliphatic rings. The average Bonchev–Trinajstić information content (AvgIpc) is 4.03. The number of nitrogens with one attached hydrogen (secondary N) is 2. The molecular weight excluding hydrogens is 928 g/mol. The van der Waals surface area contributed by atoms with Crippen LogP contribution in [0.5, 0.6) is 0 Å². The lowest BCUT2D eigenvalue weighted by Crippen LogP contribution is -2.45. The molecule has 2 aromatic heterocycles. The maximum absolute atomic E-state index is 18.8. The number of hydrogen-bond acceptors (Lipinski definition) is 8. The summed E-state index contributed by atoms with van der Waals surface area (Å²) in [6.07, 6.45) is -4.40. The van der Waals surface area contributed by atoms with E-state index in [1.165, 1.54) is 10.9 Å². The number of halogens is 1. The van der Waals surface area contributed by atoms with E-state index in [1.807, 2.05) is 182 Å². The van der Waals surface area contributed by atoms with E-state index in [-0.39, 0.29) is 29.5 Å². The number of fused-ring (bicyclic) bond motifs is 1. The van der Waals surface area contributed by atoms with Crippen LogP contribution in [0.1, 0.15) is 60.3 Å². The first-order valence-corrected chi connectivity index (χ1v) is 24.3. The minimum absolute atomic E-state index is 0.0123. The molecule has 2 amide bonds. The fraction of sp³-hybridized carbons (Fsp3) is 0.113. The highest BCUT2D eigenvalue weighted by Crippen LogP contribution is 2.48. The van der Waals surface area contributed by atoms with Gasteiger partial charge in [0, 0.05) is 11.1 Å². The number of carbonyl (C=O) groups is 2. The minimum Gasteiger partial charge on any atom is -0.358 e. The topological polar surface area (TPSA) is 129 Å². The highest BCUT2D eigenvalue weighted by Gasteiger charge is 2.53. The number of nitrogens with zero attached hydrogens (tertiary/aromatic N) is 4. The number of benzene rings is 8. The molecule has 0 saturated carbocycles. The highest BCUT2D eigenvalue weighted by molar-refractivity contribution is 6.08. The first kappa shape index (κ1) is 47.4. The van der Waals surface area contributed by atoms with Crippen LogP contribution in [0.4, 0.5) is 16.2 Å². The van der Waals surface area contributed by atoms with Crippen LogP contribution >= 0.6 is 0 Å². The summed E-state index contributed by atoms with van der Waals surface area (Å²) in [6.45, 7) is -0.174. The van der Waals surface area contributed by atoms with Crippen LogP contribution in [-0.2, 0) is 25.4 Å². The quantitative estimate of drug-likeness (QED) is 0.0916. The maximum Gasteiger partial charge on any atom is 0.258 e. The predicted octanol–water partition coefficient (Wildman–Crippen LogP) is 12.0. The van der Waals surface area contributed by atoms with E-state index >= 15 is 4.39 Å². The summed E-state index contributed by atoms with van der Waals surface area (Å²) in [5.41, 5.74) is 3.16. The Morgan fingerprint density at radius 3 is 1.31 bits per heavy atom. The molecule has 0 unspecified atom stereocenters. The van der Waals surface area contributed by atoms with Gasteiger partial charge in [-0.25, -0.2) is 9.37 Å². The largest absolute Gasteiger partial charge is 0.358 e. The number of aromatic nitrogens is 4. The lowest BCUT2D eigenvalue weighted by Gasteiger charge is -2.40. The van der Waals surface area contributed by atoms with Gasteiger partial charge in [-0.05, 0) is 57.6 Å². The zero-order valence-corrected chi connectivity index (χ0v) is 39.9. The molecule has 4 atom stereocenters. The van der Waals surface area contributed by atoms with Crippen molar-refractivity contribution in [2.75, 3.05) is 17.2 Å². The standard InChI is InChI=1S/C62H49FN6O5/c63-52-54(74-62(48-35-19-6-20-36-48,49-37-21-7-22-38-49)50-39-23-8-24-40-50)51(41-72-61(45-29-13-3-14-30-45,46-31-15-4-16-32-46)47-33-17-5-18-34-47)73-59(52)69-42-64-53-55(65-57(70)43-25-9-1-10-26-43)66-60(67-56(53)69)68-58(71)44-27-11-2-12-28-44/h1-40,42,51-52,54,59H,41H2,(H2,65,66,67,68,70,71)/t51-,52-,54-,59-/m1/s1. The van der Waals surface area contributed by atoms with E-state index < -0.39 is 47.6 Å². The van der Waals surface area contributed by atoms with Crippen LogP contribution in [0, 0.1) is 0 Å². The molecule has 1 aliphatic heterocycles. The van der Waals surface area contributed by atoms with Crippen LogP contribution in [0.15, 0.2) is 249 Å². The Balaban J connectivity index is 1.07. The molecule has 364 valence electrons. The third-order valence-electron chi connectivity index (χ3n) is 13.4. The zero-order valence-electron chi connectivity index (χ0n) is 39.9. The predicted molar refractivity (Wildman–Crippen MR) is 282 cm³/mol. The molecule has 0 spiro atoms. The zero-order chi connectivity index (χ0) is 50.3. The van der Waals surface area contributed by atoms with Crippen molar-refractivity contribution in [3.63, 3.8) is 0 Å². The summed E-state index contributed by atoms with van der Waals surface area (Å²) in [7, 11) is 0. The average molecular weight is 977 g/mol. The number of imidazole rings is 1. The molecule has 74 heavy (non-hydrogen) atoms. The van der Waals surface area contributed by atoms with E-state index in [2.05, 4.69) is 20.6 Å². The third kappa shape index (κ3) is 9.13. The molecule has 10 aromatic rings. The Morgan fingerprint density at radius 2 is 0.892 bits per heavy atom. The minimum atomic E-state index is -1.92. The van der Waals surface area contributed by atoms with Gasteiger partial charge < -0.3 is 19.5 Å². The van der Waals surface area contributed by atoms with Gasteiger partial charge in [-0.15, -0.1) is 0 Å². The van der Waals surface area contributed by atoms with Crippen molar-refractivity contribution < 1.29 is 28.2 Å². The first-order chi connectivity index (χ1) is 36.4. The number of anilines is 2. The van der Waals surface area contributed by atoms with Crippen LogP contribution in [0.25, 0.3) is 11.2 Å². The fourth-order valence-electron chi connectivity index (χ4n) is 9.87. The Bertz CT molecular complexity index is 3280. The molecule has 1 fully saturated rings. The van der Waals surface area contributed by atoms with E-state index in [0.29, 0.717) is 11.1 Å². The van der Waals surface area contributed by atoms with Crippen LogP contribution in [0.2, 0.25) is 0 Å². The molecule has 0 radical (unpaired) electrons. The number of ether oxygens (including phenoxy) is 3. The molecule has 1 saturated heterocycles. The lowest BCUT2D eigenvalue weighted by molar-refractivity contribution is -0.128. The second-order valence-electron chi connectivity index (χ2n) is 17.8. The van der Waals surface area contributed by atoms with Crippen molar-refractivity contribution in [3.8, 4) is 0 Å². The van der Waals surface area contributed by atoms with Crippen LogP contribution in [-0.4, -0.2) is 56.3 Å². The number of hydrogen-bond donors (Lipinski definition) is 2. The van der Waals surface area contributed by atoms with Crippen molar-refractivity contribution in [1.82, 2.24) is 19.5 Å². The Morgan fingerprint density at radius 1 is 0.514 bits per heavy atom. The van der Waals surface area contributed by atoms with E-state index in [9.17, 15) is 9.59 Å². The van der Waals surface area contributed by atoms with Gasteiger partial charge in [-0.3, -0.25) is 19.5 Å². The summed E-state index contributed by atoms with van der Waals surface area (Å²) in [6, 6.07) is 76.3. The molecular formula is C62H49FN6O5. The molecule has 0 bridgehead atoms. The molecule has 3 heterocycles. The number of carbonyl (C=O) groups excluding carboxylic acids is 2. The van der Waals surface area contributed by atoms with E-state index in [4.69, 9.17) is 19.2 Å². The van der Waals surface area contributed by atoms with Crippen molar-refractivity contribution in [3.05, 3.63) is 293 Å². The SMILES string of the molecule is O=C(Nc1nc(NC(=O)c2ccccc2)c2ncn([C@@H]3O[C@H](COC(c4ccccc4)(c4ccccc4)c4ccccc4)[C@@H](OC(c4ccccc4)(c4ccccc4)c4ccccc4)[C@H]3F)c2n1)c1ccccc1. The van der Waals surface area contributed by atoms with Crippen LogP contribution in [0.3, 0.4) is 0 Å². The number of amides is 2. The molecule has 11 nitrogen and oxygen atoms in total. The van der Waals surface area contributed by atoms with Crippen LogP contribution < -0.4 is 10.6 Å². The number of alkyl halides is 1. The molecule has 0 aliphatic carbocycles.